The van der Waals surface area contributed by atoms with Gasteiger partial charge >= 0.3 is 0 Å². The number of nitrogens with one attached hydrogen (secondary N) is 1. The molecule has 0 radical (unpaired) electrons. The number of carbonyl (C=O) groups is 1. The molecule has 0 bridgehead atoms. The molecule has 2 aromatic heterocycles. The van der Waals surface area contributed by atoms with Crippen molar-refractivity contribution in [3.8, 4) is 0 Å². The van der Waals surface area contributed by atoms with Crippen LogP contribution in [0.5, 0.6) is 0 Å². The van der Waals surface area contributed by atoms with Crippen LogP contribution >= 0.6 is 15.9 Å². The Kier molecular flexibility index (Phi) is 3.57. The first-order valence-electron chi connectivity index (χ1n) is 5.62. The molecule has 2 heterocycles. The van der Waals surface area contributed by atoms with Gasteiger partial charge in [0.05, 0.1) is 27.6 Å². The van der Waals surface area contributed by atoms with Crippen molar-refractivity contribution < 1.29 is 4.79 Å². The zero-order valence-electron chi connectivity index (χ0n) is 10.9. The summed E-state index contributed by atoms with van der Waals surface area (Å²) in [7, 11) is 1.80. The largest absolute Gasteiger partial charge is 0.397 e. The number of nitrogen functional groups attached to an aromatic ring is 1. The van der Waals surface area contributed by atoms with Crippen molar-refractivity contribution in [3.05, 3.63) is 33.7 Å². The highest BCUT2D eigenvalue weighted by atomic mass is 79.9. The average molecular weight is 324 g/mol. The first kappa shape index (κ1) is 13.5. The van der Waals surface area contributed by atoms with Gasteiger partial charge in [-0.1, -0.05) is 0 Å². The summed E-state index contributed by atoms with van der Waals surface area (Å²) in [5, 5.41) is 6.96. The molecule has 0 aliphatic carbocycles. The van der Waals surface area contributed by atoms with Crippen molar-refractivity contribution in [2.45, 2.75) is 13.8 Å². The quantitative estimate of drug-likeness (QED) is 0.885. The maximum absolute atomic E-state index is 12.2. The lowest BCUT2D eigenvalue weighted by molar-refractivity contribution is 0.102. The van der Waals surface area contributed by atoms with Gasteiger partial charge in [0, 0.05) is 12.7 Å². The molecule has 0 fully saturated rings. The third-order valence-corrected chi connectivity index (χ3v) is 3.43. The highest BCUT2D eigenvalue weighted by molar-refractivity contribution is 9.10. The van der Waals surface area contributed by atoms with Crippen LogP contribution in [0.1, 0.15) is 21.7 Å². The van der Waals surface area contributed by atoms with Crippen molar-refractivity contribution in [1.82, 2.24) is 14.8 Å². The standard InChI is InChI=1S/C12H14BrN5O/c1-6-10(7(2)18(3)17-6)12(19)16-11-9(13)4-8(14)5-15-11/h4-5H,14H2,1-3H3,(H,15,16,19). The van der Waals surface area contributed by atoms with Crippen LogP contribution in [-0.2, 0) is 7.05 Å². The molecule has 3 N–H and O–H groups in total. The maximum Gasteiger partial charge on any atom is 0.260 e. The van der Waals surface area contributed by atoms with E-state index in [0.717, 1.165) is 5.69 Å². The Balaban J connectivity index is 2.31. The van der Waals surface area contributed by atoms with E-state index in [2.05, 4.69) is 31.3 Å². The smallest absolute Gasteiger partial charge is 0.260 e. The SMILES string of the molecule is Cc1nn(C)c(C)c1C(=O)Nc1ncc(N)cc1Br. The molecule has 0 spiro atoms. The Bertz CT molecular complexity index is 650. The van der Waals surface area contributed by atoms with Crippen LogP contribution in [0, 0.1) is 13.8 Å². The molecule has 0 aliphatic heterocycles. The van der Waals surface area contributed by atoms with E-state index < -0.39 is 0 Å². The molecule has 0 aliphatic rings. The zero-order chi connectivity index (χ0) is 14.2. The molecule has 0 saturated heterocycles. The lowest BCUT2D eigenvalue weighted by Gasteiger charge is -2.07. The van der Waals surface area contributed by atoms with Gasteiger partial charge in [-0.25, -0.2) is 4.98 Å². The first-order valence-corrected chi connectivity index (χ1v) is 6.42. The number of nitrogens with zero attached hydrogens (tertiary/aromatic N) is 3. The van der Waals surface area contributed by atoms with Gasteiger partial charge in [0.15, 0.2) is 0 Å². The van der Waals surface area contributed by atoms with E-state index in [9.17, 15) is 4.79 Å². The summed E-state index contributed by atoms with van der Waals surface area (Å²) < 4.78 is 2.32. The topological polar surface area (TPSA) is 85.8 Å². The van der Waals surface area contributed by atoms with Crippen LogP contribution in [-0.4, -0.2) is 20.7 Å². The van der Waals surface area contributed by atoms with Gasteiger partial charge in [-0.3, -0.25) is 9.48 Å². The minimum atomic E-state index is -0.235. The third-order valence-electron chi connectivity index (χ3n) is 2.83. The Morgan fingerprint density at radius 2 is 2.16 bits per heavy atom. The van der Waals surface area contributed by atoms with Gasteiger partial charge < -0.3 is 11.1 Å². The van der Waals surface area contributed by atoms with Crippen molar-refractivity contribution in [3.63, 3.8) is 0 Å². The predicted molar refractivity (Wildman–Crippen MR) is 77.0 cm³/mol. The van der Waals surface area contributed by atoms with Gasteiger partial charge in [-0.05, 0) is 35.8 Å². The number of anilines is 2. The number of pyridine rings is 1. The molecule has 19 heavy (non-hydrogen) atoms. The molecule has 6 nitrogen and oxygen atoms in total. The number of halogens is 1. The fraction of sp³-hybridized carbons (Fsp3) is 0.250. The van der Waals surface area contributed by atoms with E-state index in [4.69, 9.17) is 5.73 Å². The number of nitrogens with two attached hydrogens (primary N) is 1. The molecular weight excluding hydrogens is 310 g/mol. The van der Waals surface area contributed by atoms with Crippen LogP contribution in [0.25, 0.3) is 0 Å². The second-order valence-electron chi connectivity index (χ2n) is 4.22. The molecule has 7 heteroatoms. The van der Waals surface area contributed by atoms with E-state index in [1.54, 1.807) is 24.7 Å². The summed E-state index contributed by atoms with van der Waals surface area (Å²) in [6.45, 7) is 3.65. The Morgan fingerprint density at radius 1 is 1.47 bits per heavy atom. The minimum Gasteiger partial charge on any atom is -0.397 e. The molecule has 0 aromatic carbocycles. The number of amides is 1. The van der Waals surface area contributed by atoms with E-state index in [0.29, 0.717) is 27.2 Å². The number of carbonyl (C=O) groups excluding carboxylic acids is 1. The second-order valence-corrected chi connectivity index (χ2v) is 5.08. The van der Waals surface area contributed by atoms with E-state index in [1.165, 1.54) is 6.20 Å². The van der Waals surface area contributed by atoms with Crippen molar-refractivity contribution >= 4 is 33.3 Å². The van der Waals surface area contributed by atoms with Crippen molar-refractivity contribution in [1.29, 1.82) is 0 Å². The normalized spacial score (nSPS) is 10.5. The molecule has 0 atom stereocenters. The third kappa shape index (κ3) is 2.60. The predicted octanol–water partition coefficient (Wildman–Crippen LogP) is 2.03. The first-order chi connectivity index (χ1) is 8.90. The summed E-state index contributed by atoms with van der Waals surface area (Å²) in [6, 6.07) is 1.69. The van der Waals surface area contributed by atoms with E-state index >= 15 is 0 Å². The number of aryl methyl sites for hydroxylation is 2. The molecular formula is C12H14BrN5O. The molecule has 1 amide bonds. The number of rotatable bonds is 2. The van der Waals surface area contributed by atoms with E-state index in [1.807, 2.05) is 6.92 Å². The van der Waals surface area contributed by atoms with Crippen molar-refractivity contribution in [2.24, 2.45) is 7.05 Å². The molecule has 100 valence electrons. The lowest BCUT2D eigenvalue weighted by atomic mass is 10.2. The summed E-state index contributed by atoms with van der Waals surface area (Å²) in [6.07, 6.45) is 1.49. The summed E-state index contributed by atoms with van der Waals surface area (Å²) in [5.41, 5.74) is 8.18. The van der Waals surface area contributed by atoms with Gasteiger partial charge in [0.1, 0.15) is 5.82 Å². The van der Waals surface area contributed by atoms with E-state index in [-0.39, 0.29) is 5.91 Å². The van der Waals surface area contributed by atoms with Gasteiger partial charge in [-0.15, -0.1) is 0 Å². The van der Waals surface area contributed by atoms with Gasteiger partial charge in [-0.2, -0.15) is 5.10 Å². The lowest BCUT2D eigenvalue weighted by Crippen LogP contribution is -2.15. The summed E-state index contributed by atoms with van der Waals surface area (Å²) in [4.78, 5) is 16.3. The molecule has 2 rings (SSSR count). The number of aromatic nitrogens is 3. The highest BCUT2D eigenvalue weighted by Gasteiger charge is 2.18. The van der Waals surface area contributed by atoms with Crippen LogP contribution in [0.3, 0.4) is 0 Å². The number of hydrogen-bond donors (Lipinski definition) is 2. The summed E-state index contributed by atoms with van der Waals surface area (Å²) >= 11 is 3.31. The Labute approximate surface area is 119 Å². The minimum absolute atomic E-state index is 0.235. The van der Waals surface area contributed by atoms with Crippen LogP contribution in [0.2, 0.25) is 0 Å². The monoisotopic (exact) mass is 323 g/mol. The second kappa shape index (κ2) is 5.00. The highest BCUT2D eigenvalue weighted by Crippen LogP contribution is 2.23. The fourth-order valence-electron chi connectivity index (χ4n) is 1.82. The molecule has 0 unspecified atom stereocenters. The maximum atomic E-state index is 12.2. The Morgan fingerprint density at radius 3 is 2.68 bits per heavy atom. The molecule has 0 saturated carbocycles. The fourth-order valence-corrected chi connectivity index (χ4v) is 2.28. The average Bonchev–Trinajstić information content (AvgIpc) is 2.57. The van der Waals surface area contributed by atoms with Crippen LogP contribution in [0.4, 0.5) is 11.5 Å². The Hall–Kier alpha value is -1.89. The molecule has 2 aromatic rings. The van der Waals surface area contributed by atoms with Gasteiger partial charge in [0.2, 0.25) is 0 Å². The van der Waals surface area contributed by atoms with Crippen LogP contribution in [0.15, 0.2) is 16.7 Å². The van der Waals surface area contributed by atoms with Crippen molar-refractivity contribution in [2.75, 3.05) is 11.1 Å². The zero-order valence-corrected chi connectivity index (χ0v) is 12.4. The van der Waals surface area contributed by atoms with Gasteiger partial charge in [0.25, 0.3) is 5.91 Å². The summed E-state index contributed by atoms with van der Waals surface area (Å²) in [5.74, 6) is 0.197. The number of hydrogen-bond acceptors (Lipinski definition) is 4. The van der Waals surface area contributed by atoms with Crippen LogP contribution < -0.4 is 11.1 Å².